The topological polar surface area (TPSA) is 33.2 Å². The summed E-state index contributed by atoms with van der Waals surface area (Å²) in [4.78, 5) is 19.2. The number of pyridine rings is 1. The number of rotatable bonds is 5. The Morgan fingerprint density at radius 1 is 1.19 bits per heavy atom. The molecule has 4 heteroatoms. The molecule has 4 atom stereocenters. The number of hydrogen-bond acceptors (Lipinski definition) is 3. The fourth-order valence-electron chi connectivity index (χ4n) is 5.18. The molecule has 0 spiro atoms. The molecule has 1 aliphatic carbocycles. The summed E-state index contributed by atoms with van der Waals surface area (Å²) < 4.78 is 13.8. The summed E-state index contributed by atoms with van der Waals surface area (Å²) in [7, 11) is 0. The third-order valence-electron chi connectivity index (χ3n) is 6.63. The normalized spacial score (nSPS) is 26.0. The second-order valence-electron chi connectivity index (χ2n) is 9.00. The number of nitrogens with zero attached hydrogens (tertiary/aromatic N) is 2. The van der Waals surface area contributed by atoms with Crippen LogP contribution in [0.4, 0.5) is 10.1 Å². The van der Waals surface area contributed by atoms with E-state index in [-0.39, 0.29) is 11.7 Å². The van der Waals surface area contributed by atoms with Crippen molar-refractivity contribution in [3.05, 3.63) is 36.3 Å². The molecule has 3 nitrogen and oxygen atoms in total. The molecule has 2 fully saturated rings. The lowest BCUT2D eigenvalue weighted by Crippen LogP contribution is -2.25. The summed E-state index contributed by atoms with van der Waals surface area (Å²) in [5.74, 6) is 2.65. The number of Topliss-reactive ketones (excluding diaryl/α,β-unsaturated/α-hetero) is 1. The Balaban J connectivity index is 1.46. The van der Waals surface area contributed by atoms with Gasteiger partial charge in [0.15, 0.2) is 0 Å². The molecule has 144 valence electrons. The van der Waals surface area contributed by atoms with Crippen molar-refractivity contribution in [3.63, 3.8) is 0 Å². The van der Waals surface area contributed by atoms with Crippen molar-refractivity contribution < 1.29 is 9.18 Å². The van der Waals surface area contributed by atoms with Gasteiger partial charge in [0, 0.05) is 42.7 Å². The Labute approximate surface area is 161 Å². The van der Waals surface area contributed by atoms with Crippen LogP contribution in [0.25, 0.3) is 10.9 Å². The van der Waals surface area contributed by atoms with Gasteiger partial charge in [0.05, 0.1) is 5.52 Å². The van der Waals surface area contributed by atoms with Crippen LogP contribution in [0.15, 0.2) is 30.5 Å². The molecule has 2 aliphatic rings. The van der Waals surface area contributed by atoms with Crippen molar-refractivity contribution in [2.24, 2.45) is 29.6 Å². The average molecular weight is 368 g/mol. The number of carbonyl (C=O) groups is 1. The smallest absolute Gasteiger partial charge is 0.136 e. The predicted molar refractivity (Wildman–Crippen MR) is 107 cm³/mol. The van der Waals surface area contributed by atoms with Gasteiger partial charge >= 0.3 is 0 Å². The number of ketones is 1. The van der Waals surface area contributed by atoms with Gasteiger partial charge in [-0.05, 0) is 60.8 Å². The largest absolute Gasteiger partial charge is 0.370 e. The molecular weight excluding hydrogens is 339 g/mol. The number of anilines is 1. The minimum Gasteiger partial charge on any atom is -0.370 e. The van der Waals surface area contributed by atoms with E-state index < -0.39 is 0 Å². The molecule has 2 unspecified atom stereocenters. The molecule has 1 saturated carbocycles. The Hall–Kier alpha value is -1.97. The summed E-state index contributed by atoms with van der Waals surface area (Å²) in [6.45, 7) is 8.37. The van der Waals surface area contributed by atoms with Gasteiger partial charge in [-0.1, -0.05) is 20.8 Å². The number of halogens is 1. The first-order valence-corrected chi connectivity index (χ1v) is 10.2. The van der Waals surface area contributed by atoms with Gasteiger partial charge in [-0.15, -0.1) is 0 Å². The lowest BCUT2D eigenvalue weighted by molar-refractivity contribution is -0.124. The molecule has 2 heterocycles. The van der Waals surface area contributed by atoms with E-state index in [1.807, 2.05) is 12.3 Å². The minimum atomic E-state index is -0.214. The highest BCUT2D eigenvalue weighted by Gasteiger charge is 2.43. The lowest BCUT2D eigenvalue weighted by atomic mass is 9.85. The SMILES string of the molecule is CC(C)CC(=O)C(C)C1C[C@@H]2CN(c3ccnc4ccc(F)cc34)C[C@@H]2C1. The second kappa shape index (κ2) is 7.21. The third-order valence-corrected chi connectivity index (χ3v) is 6.63. The van der Waals surface area contributed by atoms with Crippen molar-refractivity contribution in [2.75, 3.05) is 18.0 Å². The lowest BCUT2D eigenvalue weighted by Gasteiger charge is -2.24. The van der Waals surface area contributed by atoms with E-state index in [2.05, 4.69) is 30.7 Å². The van der Waals surface area contributed by atoms with E-state index in [4.69, 9.17) is 0 Å². The number of aromatic nitrogens is 1. The van der Waals surface area contributed by atoms with Crippen LogP contribution in [0.1, 0.15) is 40.0 Å². The van der Waals surface area contributed by atoms with E-state index in [0.29, 0.717) is 35.9 Å². The zero-order chi connectivity index (χ0) is 19.1. The summed E-state index contributed by atoms with van der Waals surface area (Å²) in [6, 6.07) is 6.83. The van der Waals surface area contributed by atoms with E-state index >= 15 is 0 Å². The van der Waals surface area contributed by atoms with Gasteiger partial charge in [-0.25, -0.2) is 4.39 Å². The Kier molecular flexibility index (Phi) is 4.92. The van der Waals surface area contributed by atoms with Crippen LogP contribution in [0, 0.1) is 35.4 Å². The van der Waals surface area contributed by atoms with Gasteiger partial charge in [-0.2, -0.15) is 0 Å². The molecule has 0 amide bonds. The van der Waals surface area contributed by atoms with Crippen molar-refractivity contribution in [1.29, 1.82) is 0 Å². The van der Waals surface area contributed by atoms with Crippen LogP contribution in [-0.4, -0.2) is 23.9 Å². The Bertz CT molecular complexity index is 835. The van der Waals surface area contributed by atoms with Gasteiger partial charge in [0.25, 0.3) is 0 Å². The van der Waals surface area contributed by atoms with Gasteiger partial charge in [0.1, 0.15) is 11.6 Å². The van der Waals surface area contributed by atoms with E-state index in [1.54, 1.807) is 12.1 Å². The molecule has 1 saturated heterocycles. The van der Waals surface area contributed by atoms with Gasteiger partial charge in [0.2, 0.25) is 0 Å². The monoisotopic (exact) mass is 368 g/mol. The Morgan fingerprint density at radius 2 is 1.89 bits per heavy atom. The maximum absolute atomic E-state index is 13.8. The number of hydrogen-bond donors (Lipinski definition) is 0. The standard InChI is InChI=1S/C23H29FN2O/c1-14(2)8-23(27)15(3)16-9-17-12-26(13-18(17)10-16)22-6-7-25-21-5-4-19(24)11-20(21)22/h4-7,11,14-18H,8-10,12-13H2,1-3H3/t15?,16?,17-,18+. The van der Waals surface area contributed by atoms with Crippen LogP contribution < -0.4 is 4.90 Å². The molecule has 0 radical (unpaired) electrons. The molecule has 4 rings (SSSR count). The first-order chi connectivity index (χ1) is 12.9. The predicted octanol–water partition coefficient (Wildman–Crippen LogP) is 5.09. The van der Waals surface area contributed by atoms with Crippen molar-refractivity contribution in [1.82, 2.24) is 4.98 Å². The van der Waals surface area contributed by atoms with Crippen molar-refractivity contribution in [3.8, 4) is 0 Å². The summed E-state index contributed by atoms with van der Waals surface area (Å²) in [5.41, 5.74) is 1.94. The molecular formula is C23H29FN2O. The molecule has 1 aliphatic heterocycles. The average Bonchev–Trinajstić information content (AvgIpc) is 3.18. The summed E-state index contributed by atoms with van der Waals surface area (Å²) >= 11 is 0. The Morgan fingerprint density at radius 3 is 2.56 bits per heavy atom. The highest BCUT2D eigenvalue weighted by atomic mass is 19.1. The zero-order valence-corrected chi connectivity index (χ0v) is 16.5. The molecule has 0 N–H and O–H groups in total. The number of benzene rings is 1. The van der Waals surface area contributed by atoms with Crippen LogP contribution in [0.2, 0.25) is 0 Å². The number of fused-ring (bicyclic) bond motifs is 2. The van der Waals surface area contributed by atoms with Gasteiger partial charge < -0.3 is 4.90 Å². The first kappa shape index (κ1) is 18.4. The van der Waals surface area contributed by atoms with E-state index in [0.717, 1.165) is 42.5 Å². The summed E-state index contributed by atoms with van der Waals surface area (Å²) in [6.07, 6.45) is 4.81. The van der Waals surface area contributed by atoms with Crippen molar-refractivity contribution >= 4 is 22.4 Å². The van der Waals surface area contributed by atoms with Crippen LogP contribution in [0.3, 0.4) is 0 Å². The maximum atomic E-state index is 13.8. The molecule has 0 bridgehead atoms. The fraction of sp³-hybridized carbons (Fsp3) is 0.565. The van der Waals surface area contributed by atoms with Crippen LogP contribution in [-0.2, 0) is 4.79 Å². The number of carbonyl (C=O) groups excluding carboxylic acids is 1. The maximum Gasteiger partial charge on any atom is 0.136 e. The molecule has 27 heavy (non-hydrogen) atoms. The molecule has 1 aromatic heterocycles. The first-order valence-electron chi connectivity index (χ1n) is 10.2. The van der Waals surface area contributed by atoms with E-state index in [9.17, 15) is 9.18 Å². The minimum absolute atomic E-state index is 0.183. The van der Waals surface area contributed by atoms with Crippen molar-refractivity contribution in [2.45, 2.75) is 40.0 Å². The summed E-state index contributed by atoms with van der Waals surface area (Å²) in [5, 5.41) is 0.898. The van der Waals surface area contributed by atoms with Crippen LogP contribution in [0.5, 0.6) is 0 Å². The fourth-order valence-corrected chi connectivity index (χ4v) is 5.18. The zero-order valence-electron chi connectivity index (χ0n) is 16.5. The highest BCUT2D eigenvalue weighted by Crippen LogP contribution is 2.46. The molecule has 1 aromatic carbocycles. The third kappa shape index (κ3) is 3.59. The van der Waals surface area contributed by atoms with Gasteiger partial charge in [-0.3, -0.25) is 9.78 Å². The molecule has 2 aromatic rings. The van der Waals surface area contributed by atoms with Crippen LogP contribution >= 0.6 is 0 Å². The second-order valence-corrected chi connectivity index (χ2v) is 9.00. The highest BCUT2D eigenvalue weighted by molar-refractivity contribution is 5.91. The van der Waals surface area contributed by atoms with E-state index in [1.165, 1.54) is 6.07 Å². The quantitative estimate of drug-likeness (QED) is 0.737.